The second-order valence-corrected chi connectivity index (χ2v) is 9.04. The number of pyridine rings is 1. The van der Waals surface area contributed by atoms with Crippen molar-refractivity contribution in [1.82, 2.24) is 14.8 Å². The summed E-state index contributed by atoms with van der Waals surface area (Å²) in [6.07, 6.45) is -0.336. The minimum absolute atomic E-state index is 0.237. The lowest BCUT2D eigenvalue weighted by Crippen LogP contribution is -2.49. The number of nitrogens with zero attached hydrogens (tertiary/aromatic N) is 2. The zero-order valence-electron chi connectivity index (χ0n) is 19.3. The van der Waals surface area contributed by atoms with Crippen molar-refractivity contribution in [2.75, 3.05) is 31.9 Å². The van der Waals surface area contributed by atoms with E-state index < -0.39 is 40.0 Å². The lowest BCUT2D eigenvalue weighted by Gasteiger charge is -2.35. The molecule has 0 saturated carbocycles. The normalized spacial score (nSPS) is 14.6. The molecule has 0 atom stereocenters. The number of piperazine rings is 1. The summed E-state index contributed by atoms with van der Waals surface area (Å²) in [6, 6.07) is 6.62. The molecule has 1 aliphatic rings. The number of nitrogen functional groups attached to an aromatic ring is 1. The van der Waals surface area contributed by atoms with Gasteiger partial charge in [0.05, 0.1) is 0 Å². The van der Waals surface area contributed by atoms with E-state index in [4.69, 9.17) is 10.5 Å². The Labute approximate surface area is 195 Å². The summed E-state index contributed by atoms with van der Waals surface area (Å²) in [4.78, 5) is 53.7. The number of benzene rings is 1. The molecule has 1 aromatic heterocycles. The van der Waals surface area contributed by atoms with Crippen LogP contribution in [-0.4, -0.2) is 74.8 Å². The molecule has 2 heterocycles. The molecular weight excluding hydrogens is 444 g/mol. The van der Waals surface area contributed by atoms with Crippen LogP contribution >= 0.6 is 0 Å². The first-order valence-corrected chi connectivity index (χ1v) is 10.7. The highest BCUT2D eigenvalue weighted by atomic mass is 16.6. The molecule has 182 valence electrons. The smallest absolute Gasteiger partial charge is 0.410 e. The molecule has 1 aromatic carbocycles. The Morgan fingerprint density at radius 1 is 1.00 bits per heavy atom. The first-order chi connectivity index (χ1) is 15.9. The lowest BCUT2D eigenvalue weighted by molar-refractivity contribution is 0.0138. The molecule has 11 heteroatoms. The van der Waals surface area contributed by atoms with Crippen LogP contribution in [0.2, 0.25) is 0 Å². The molecule has 2 aromatic rings. The minimum Gasteiger partial charge on any atom is -0.478 e. The van der Waals surface area contributed by atoms with Gasteiger partial charge >= 0.3 is 18.0 Å². The van der Waals surface area contributed by atoms with E-state index in [1.165, 1.54) is 0 Å². The summed E-state index contributed by atoms with van der Waals surface area (Å²) < 4.78 is 5.41. The topological polar surface area (TPSA) is 166 Å². The zero-order chi connectivity index (χ0) is 25.2. The van der Waals surface area contributed by atoms with Crippen LogP contribution in [0.3, 0.4) is 0 Å². The molecule has 11 nitrogen and oxygen atoms in total. The second-order valence-electron chi connectivity index (χ2n) is 9.04. The van der Waals surface area contributed by atoms with Gasteiger partial charge in [0, 0.05) is 38.3 Å². The first-order valence-electron chi connectivity index (χ1n) is 10.7. The van der Waals surface area contributed by atoms with Crippen molar-refractivity contribution < 1.29 is 29.3 Å². The number of hydrogen-bond donors (Lipinski definition) is 4. The molecule has 0 aliphatic carbocycles. The van der Waals surface area contributed by atoms with Crippen molar-refractivity contribution in [2.24, 2.45) is 0 Å². The number of carboxylic acid groups (broad SMARTS) is 2. The number of hydrogen-bond acceptors (Lipinski definition) is 7. The van der Waals surface area contributed by atoms with Crippen molar-refractivity contribution >= 4 is 23.8 Å². The largest absolute Gasteiger partial charge is 0.478 e. The van der Waals surface area contributed by atoms with Crippen LogP contribution in [0.1, 0.15) is 47.1 Å². The Balaban J connectivity index is 1.76. The molecule has 1 fully saturated rings. The van der Waals surface area contributed by atoms with E-state index in [-0.39, 0.29) is 17.2 Å². The number of aromatic amines is 1. The molecule has 0 radical (unpaired) electrons. The molecule has 3 rings (SSSR count). The van der Waals surface area contributed by atoms with Gasteiger partial charge in [0.15, 0.2) is 0 Å². The number of nitrogens with one attached hydrogen (secondary N) is 1. The van der Waals surface area contributed by atoms with E-state index in [1.807, 2.05) is 20.8 Å². The average molecular weight is 472 g/mol. The molecule has 0 spiro atoms. The number of carboxylic acids is 2. The van der Waals surface area contributed by atoms with Crippen LogP contribution in [0, 0.1) is 0 Å². The number of carbonyl (C=O) groups excluding carboxylic acids is 1. The van der Waals surface area contributed by atoms with E-state index in [0.717, 1.165) is 5.56 Å². The van der Waals surface area contributed by atoms with Gasteiger partial charge in [-0.3, -0.25) is 9.69 Å². The average Bonchev–Trinajstić information content (AvgIpc) is 2.72. The predicted molar refractivity (Wildman–Crippen MR) is 124 cm³/mol. The Morgan fingerprint density at radius 3 is 2.06 bits per heavy atom. The van der Waals surface area contributed by atoms with Gasteiger partial charge in [-0.1, -0.05) is 24.3 Å². The maximum Gasteiger partial charge on any atom is 0.410 e. The molecule has 1 amide bonds. The molecular formula is C23H28N4O7. The summed E-state index contributed by atoms with van der Waals surface area (Å²) in [7, 11) is 0. The van der Waals surface area contributed by atoms with Crippen LogP contribution in [0.15, 0.2) is 29.1 Å². The number of nitrogens with two attached hydrogens (primary N) is 1. The maximum absolute atomic E-state index is 12.2. The molecule has 0 bridgehead atoms. The number of rotatable bonds is 5. The Kier molecular flexibility index (Phi) is 6.96. The third-order valence-corrected chi connectivity index (χ3v) is 5.35. The highest BCUT2D eigenvalue weighted by Crippen LogP contribution is 2.29. The molecule has 0 unspecified atom stereocenters. The van der Waals surface area contributed by atoms with Crippen LogP contribution in [-0.2, 0) is 11.3 Å². The minimum atomic E-state index is -1.55. The van der Waals surface area contributed by atoms with Crippen molar-refractivity contribution in [3.05, 3.63) is 51.3 Å². The fourth-order valence-corrected chi connectivity index (χ4v) is 3.79. The molecule has 34 heavy (non-hydrogen) atoms. The summed E-state index contributed by atoms with van der Waals surface area (Å²) in [5.74, 6) is -3.41. The summed E-state index contributed by atoms with van der Waals surface area (Å²) >= 11 is 0. The van der Waals surface area contributed by atoms with E-state index in [1.54, 1.807) is 29.2 Å². The van der Waals surface area contributed by atoms with Crippen LogP contribution < -0.4 is 11.3 Å². The molecule has 5 N–H and O–H groups in total. The van der Waals surface area contributed by atoms with Crippen molar-refractivity contribution in [1.29, 1.82) is 0 Å². The fourth-order valence-electron chi connectivity index (χ4n) is 3.79. The molecule has 1 saturated heterocycles. The number of ether oxygens (including phenoxy) is 1. The van der Waals surface area contributed by atoms with Crippen molar-refractivity contribution in [3.63, 3.8) is 0 Å². The number of aromatic carboxylic acids is 2. The van der Waals surface area contributed by atoms with Crippen LogP contribution in [0.4, 0.5) is 10.6 Å². The van der Waals surface area contributed by atoms with Gasteiger partial charge in [-0.15, -0.1) is 0 Å². The second kappa shape index (κ2) is 9.56. The highest BCUT2D eigenvalue weighted by Gasteiger charge is 2.27. The number of aromatic nitrogens is 1. The van der Waals surface area contributed by atoms with Crippen LogP contribution in [0.5, 0.6) is 0 Å². The number of H-pyrrole nitrogens is 1. The van der Waals surface area contributed by atoms with Gasteiger partial charge in [0.25, 0.3) is 5.56 Å². The fraction of sp³-hybridized carbons (Fsp3) is 0.391. The standard InChI is InChI=1S/C23H28N4O7/c1-23(2,3)34-22(33)27-10-8-26(9-11-27)12-13-4-6-14(7-5-13)15-16(20(29)30)18(24)25-19(28)17(15)21(31)32/h4-7H,8-12H2,1-3H3,(H,29,30)(H,31,32)(H3,24,25,28). The Hall–Kier alpha value is -3.86. The summed E-state index contributed by atoms with van der Waals surface area (Å²) in [6.45, 7) is 8.41. The van der Waals surface area contributed by atoms with Gasteiger partial charge in [-0.05, 0) is 31.9 Å². The molecule has 1 aliphatic heterocycles. The van der Waals surface area contributed by atoms with Gasteiger partial charge in [-0.2, -0.15) is 0 Å². The zero-order valence-corrected chi connectivity index (χ0v) is 19.3. The highest BCUT2D eigenvalue weighted by molar-refractivity contribution is 6.07. The lowest BCUT2D eigenvalue weighted by atomic mass is 9.94. The van der Waals surface area contributed by atoms with E-state index in [0.29, 0.717) is 32.7 Å². The third-order valence-electron chi connectivity index (χ3n) is 5.35. The van der Waals surface area contributed by atoms with Gasteiger partial charge in [-0.25, -0.2) is 14.4 Å². The van der Waals surface area contributed by atoms with E-state index in [2.05, 4.69) is 9.88 Å². The monoisotopic (exact) mass is 472 g/mol. The number of amides is 1. The summed E-state index contributed by atoms with van der Waals surface area (Å²) in [5.41, 5.74) is 3.92. The SMILES string of the molecule is CC(C)(C)OC(=O)N1CCN(Cc2ccc(-c3c(C(=O)O)c(N)[nH]c(=O)c3C(=O)O)cc2)CC1. The van der Waals surface area contributed by atoms with Crippen LogP contribution in [0.25, 0.3) is 11.1 Å². The number of carbonyl (C=O) groups is 3. The van der Waals surface area contributed by atoms with Gasteiger partial charge < -0.3 is 30.6 Å². The maximum atomic E-state index is 12.2. The quantitative estimate of drug-likeness (QED) is 0.509. The Morgan fingerprint density at radius 2 is 1.56 bits per heavy atom. The first kappa shape index (κ1) is 24.8. The Bertz CT molecular complexity index is 1160. The summed E-state index contributed by atoms with van der Waals surface area (Å²) in [5, 5.41) is 19.1. The predicted octanol–water partition coefficient (Wildman–Crippen LogP) is 2.07. The van der Waals surface area contributed by atoms with Crippen molar-refractivity contribution in [2.45, 2.75) is 32.9 Å². The van der Waals surface area contributed by atoms with Gasteiger partial charge in [0.1, 0.15) is 22.5 Å². The number of anilines is 1. The van der Waals surface area contributed by atoms with Gasteiger partial charge in [0.2, 0.25) is 0 Å². The third kappa shape index (κ3) is 5.54. The van der Waals surface area contributed by atoms with Crippen molar-refractivity contribution in [3.8, 4) is 11.1 Å². The van der Waals surface area contributed by atoms with E-state index in [9.17, 15) is 29.4 Å². The van der Waals surface area contributed by atoms with E-state index >= 15 is 0 Å².